The van der Waals surface area contributed by atoms with Crippen LogP contribution in [0.5, 0.6) is 0 Å². The SMILES string of the molecule is CCN(CCC(=O)O)c1cccc(F)c1C#N. The Labute approximate surface area is 98.9 Å². The number of hydrogen-bond acceptors (Lipinski definition) is 3. The fraction of sp³-hybridized carbons (Fsp3) is 0.333. The lowest BCUT2D eigenvalue weighted by Gasteiger charge is -2.23. The van der Waals surface area contributed by atoms with Crippen LogP contribution in [0, 0.1) is 17.1 Å². The van der Waals surface area contributed by atoms with Gasteiger partial charge in [-0.25, -0.2) is 4.39 Å². The number of hydrogen-bond donors (Lipinski definition) is 1. The molecule has 4 nitrogen and oxygen atoms in total. The van der Waals surface area contributed by atoms with E-state index in [0.717, 1.165) is 0 Å². The van der Waals surface area contributed by atoms with Gasteiger partial charge in [0.25, 0.3) is 0 Å². The zero-order valence-electron chi connectivity index (χ0n) is 9.48. The summed E-state index contributed by atoms with van der Waals surface area (Å²) in [6.45, 7) is 2.60. The summed E-state index contributed by atoms with van der Waals surface area (Å²) in [5.74, 6) is -1.50. The molecule has 0 aliphatic heterocycles. The molecule has 0 bridgehead atoms. The quantitative estimate of drug-likeness (QED) is 0.849. The van der Waals surface area contributed by atoms with Gasteiger partial charge in [0.1, 0.15) is 17.4 Å². The Balaban J connectivity index is 3.00. The molecule has 0 spiro atoms. The fourth-order valence-electron chi connectivity index (χ4n) is 1.57. The minimum atomic E-state index is -0.918. The topological polar surface area (TPSA) is 64.3 Å². The van der Waals surface area contributed by atoms with Crippen molar-refractivity contribution in [3.05, 3.63) is 29.6 Å². The van der Waals surface area contributed by atoms with Crippen molar-refractivity contribution < 1.29 is 14.3 Å². The predicted molar refractivity (Wildman–Crippen MR) is 61.3 cm³/mol. The maximum atomic E-state index is 13.4. The first-order chi connectivity index (χ1) is 8.10. The molecule has 5 heteroatoms. The van der Waals surface area contributed by atoms with Gasteiger partial charge in [0.05, 0.1) is 12.1 Å². The highest BCUT2D eigenvalue weighted by molar-refractivity contribution is 5.68. The Morgan fingerprint density at radius 3 is 2.82 bits per heavy atom. The van der Waals surface area contributed by atoms with Gasteiger partial charge < -0.3 is 10.0 Å². The average Bonchev–Trinajstić information content (AvgIpc) is 2.29. The molecule has 0 fully saturated rings. The molecule has 0 aliphatic rings. The van der Waals surface area contributed by atoms with E-state index in [2.05, 4.69) is 0 Å². The summed E-state index contributed by atoms with van der Waals surface area (Å²) in [5.41, 5.74) is 0.399. The molecule has 0 aromatic heterocycles. The zero-order chi connectivity index (χ0) is 12.8. The van der Waals surface area contributed by atoms with Crippen LogP contribution in [0.25, 0.3) is 0 Å². The number of nitrogens with zero attached hydrogens (tertiary/aromatic N) is 2. The number of carboxylic acids is 1. The average molecular weight is 236 g/mol. The van der Waals surface area contributed by atoms with Gasteiger partial charge in [0.15, 0.2) is 0 Å². The van der Waals surface area contributed by atoms with Crippen LogP contribution in [-0.4, -0.2) is 24.2 Å². The van der Waals surface area contributed by atoms with Crippen LogP contribution in [0.2, 0.25) is 0 Å². The van der Waals surface area contributed by atoms with Crippen molar-refractivity contribution in [3.8, 4) is 6.07 Å². The standard InChI is InChI=1S/C12H13FN2O2/c1-2-15(7-6-12(16)17)11-5-3-4-10(13)9(11)8-14/h3-5H,2,6-7H2,1H3,(H,16,17). The second-order valence-corrected chi connectivity index (χ2v) is 3.47. The molecular weight excluding hydrogens is 223 g/mol. The Kier molecular flexibility index (Phi) is 4.46. The van der Waals surface area contributed by atoms with Crippen molar-refractivity contribution in [2.24, 2.45) is 0 Å². The Morgan fingerprint density at radius 1 is 1.59 bits per heavy atom. The van der Waals surface area contributed by atoms with E-state index >= 15 is 0 Å². The van der Waals surface area contributed by atoms with Crippen LogP contribution < -0.4 is 4.90 Å². The lowest BCUT2D eigenvalue weighted by atomic mass is 10.1. The third-order valence-electron chi connectivity index (χ3n) is 2.42. The molecule has 17 heavy (non-hydrogen) atoms. The number of aliphatic carboxylic acids is 1. The lowest BCUT2D eigenvalue weighted by molar-refractivity contribution is -0.136. The van der Waals surface area contributed by atoms with Crippen LogP contribution in [0.15, 0.2) is 18.2 Å². The monoisotopic (exact) mass is 236 g/mol. The van der Waals surface area contributed by atoms with E-state index in [1.165, 1.54) is 12.1 Å². The number of halogens is 1. The van der Waals surface area contributed by atoms with Crippen molar-refractivity contribution >= 4 is 11.7 Å². The van der Waals surface area contributed by atoms with Crippen molar-refractivity contribution in [1.82, 2.24) is 0 Å². The highest BCUT2D eigenvalue weighted by atomic mass is 19.1. The summed E-state index contributed by atoms with van der Waals surface area (Å²) in [5, 5.41) is 17.5. The van der Waals surface area contributed by atoms with Gasteiger partial charge in [-0.05, 0) is 19.1 Å². The summed E-state index contributed by atoms with van der Waals surface area (Å²) in [6.07, 6.45) is -0.0464. The van der Waals surface area contributed by atoms with Crippen LogP contribution in [0.4, 0.5) is 10.1 Å². The molecule has 0 heterocycles. The molecule has 90 valence electrons. The van der Waals surface area contributed by atoms with Crippen molar-refractivity contribution in [2.45, 2.75) is 13.3 Å². The number of benzene rings is 1. The Bertz CT molecular complexity index is 454. The predicted octanol–water partition coefficient (Wildman–Crippen LogP) is 2.00. The van der Waals surface area contributed by atoms with Crippen molar-refractivity contribution in [3.63, 3.8) is 0 Å². The van der Waals surface area contributed by atoms with Crippen LogP contribution >= 0.6 is 0 Å². The van der Waals surface area contributed by atoms with E-state index in [1.54, 1.807) is 17.0 Å². The molecule has 1 aromatic rings. The van der Waals surface area contributed by atoms with Crippen molar-refractivity contribution in [2.75, 3.05) is 18.0 Å². The second kappa shape index (κ2) is 5.85. The minimum absolute atomic E-state index is 0.0419. The number of rotatable bonds is 5. The van der Waals surface area contributed by atoms with Crippen LogP contribution in [0.3, 0.4) is 0 Å². The molecule has 0 aliphatic carbocycles. The molecule has 0 unspecified atom stereocenters. The van der Waals surface area contributed by atoms with Crippen LogP contribution in [0.1, 0.15) is 18.9 Å². The third kappa shape index (κ3) is 3.18. The van der Waals surface area contributed by atoms with Gasteiger partial charge in [-0.2, -0.15) is 5.26 Å². The molecular formula is C12H13FN2O2. The number of carbonyl (C=O) groups is 1. The van der Waals surface area contributed by atoms with Gasteiger partial charge in [-0.15, -0.1) is 0 Å². The summed E-state index contributed by atoms with van der Waals surface area (Å²) in [6, 6.07) is 6.14. The second-order valence-electron chi connectivity index (χ2n) is 3.47. The van der Waals surface area contributed by atoms with E-state index in [9.17, 15) is 9.18 Å². The van der Waals surface area contributed by atoms with Gasteiger partial charge in [0.2, 0.25) is 0 Å². The summed E-state index contributed by atoms with van der Waals surface area (Å²) in [4.78, 5) is 12.2. The lowest BCUT2D eigenvalue weighted by Crippen LogP contribution is -2.26. The Morgan fingerprint density at radius 2 is 2.29 bits per heavy atom. The normalized spacial score (nSPS) is 9.71. The van der Waals surface area contributed by atoms with E-state index in [-0.39, 0.29) is 18.5 Å². The largest absolute Gasteiger partial charge is 0.481 e. The highest BCUT2D eigenvalue weighted by Crippen LogP contribution is 2.22. The van der Waals surface area contributed by atoms with Gasteiger partial charge in [-0.3, -0.25) is 4.79 Å². The molecule has 0 atom stereocenters. The van der Waals surface area contributed by atoms with Gasteiger partial charge in [-0.1, -0.05) is 6.07 Å². The molecule has 0 saturated carbocycles. The first-order valence-corrected chi connectivity index (χ1v) is 5.25. The zero-order valence-corrected chi connectivity index (χ0v) is 9.48. The van der Waals surface area contributed by atoms with Gasteiger partial charge >= 0.3 is 5.97 Å². The summed E-state index contributed by atoms with van der Waals surface area (Å²) in [7, 11) is 0. The molecule has 1 N–H and O–H groups in total. The molecule has 0 amide bonds. The van der Waals surface area contributed by atoms with Crippen molar-refractivity contribution in [1.29, 1.82) is 5.26 Å². The third-order valence-corrected chi connectivity index (χ3v) is 2.42. The molecule has 1 rings (SSSR count). The number of carboxylic acid groups (broad SMARTS) is 1. The first-order valence-electron chi connectivity index (χ1n) is 5.25. The smallest absolute Gasteiger partial charge is 0.305 e. The summed E-state index contributed by atoms with van der Waals surface area (Å²) < 4.78 is 13.4. The highest BCUT2D eigenvalue weighted by Gasteiger charge is 2.14. The first kappa shape index (κ1) is 13.0. The van der Waals surface area contributed by atoms with Crippen LogP contribution in [-0.2, 0) is 4.79 Å². The van der Waals surface area contributed by atoms with Gasteiger partial charge in [0, 0.05) is 13.1 Å². The van der Waals surface area contributed by atoms with E-state index in [0.29, 0.717) is 12.2 Å². The fourth-order valence-corrected chi connectivity index (χ4v) is 1.57. The van der Waals surface area contributed by atoms with E-state index < -0.39 is 11.8 Å². The number of nitriles is 1. The summed E-state index contributed by atoms with van der Waals surface area (Å²) >= 11 is 0. The number of anilines is 1. The minimum Gasteiger partial charge on any atom is -0.481 e. The van der Waals surface area contributed by atoms with E-state index in [1.807, 2.05) is 6.92 Å². The van der Waals surface area contributed by atoms with E-state index in [4.69, 9.17) is 10.4 Å². The molecule has 0 saturated heterocycles. The Hall–Kier alpha value is -2.09. The molecule has 0 radical (unpaired) electrons. The maximum absolute atomic E-state index is 13.4. The molecule has 1 aromatic carbocycles. The maximum Gasteiger partial charge on any atom is 0.305 e.